The van der Waals surface area contributed by atoms with E-state index >= 15 is 0 Å². The van der Waals surface area contributed by atoms with Crippen molar-refractivity contribution in [2.75, 3.05) is 6.54 Å². The summed E-state index contributed by atoms with van der Waals surface area (Å²) in [7, 11) is 0. The Labute approximate surface area is 91.9 Å². The van der Waals surface area contributed by atoms with E-state index in [0.717, 1.165) is 6.42 Å². The third-order valence-corrected chi connectivity index (χ3v) is 2.13. The highest BCUT2D eigenvalue weighted by molar-refractivity contribution is 4.71. The van der Waals surface area contributed by atoms with Crippen molar-refractivity contribution in [2.24, 2.45) is 10.7 Å². The molecule has 0 aliphatic carbocycles. The standard InChI is InChI=1S/C10H23N3O2/c1-9(2,3)7-8-12(10(4,5)6)13(15)11-14/h14H,7-8H2,1-6H3/b13-11-. The van der Waals surface area contributed by atoms with E-state index in [-0.39, 0.29) is 15.9 Å². The molecule has 0 aliphatic heterocycles. The van der Waals surface area contributed by atoms with Crippen molar-refractivity contribution in [3.63, 3.8) is 0 Å². The van der Waals surface area contributed by atoms with Crippen molar-refractivity contribution in [1.29, 1.82) is 0 Å². The first-order valence-corrected chi connectivity index (χ1v) is 5.18. The van der Waals surface area contributed by atoms with Gasteiger partial charge in [0.05, 0.1) is 17.1 Å². The molecule has 0 fully saturated rings. The van der Waals surface area contributed by atoms with E-state index in [2.05, 4.69) is 26.0 Å². The summed E-state index contributed by atoms with van der Waals surface area (Å²) < 4.78 is 0. The number of hydrazine groups is 1. The van der Waals surface area contributed by atoms with Gasteiger partial charge in [-0.05, 0) is 32.6 Å². The van der Waals surface area contributed by atoms with Crippen LogP contribution in [0, 0.1) is 10.6 Å². The molecule has 0 rings (SSSR count). The molecule has 0 heterocycles. The summed E-state index contributed by atoms with van der Waals surface area (Å²) in [5.41, 5.74) is -0.195. The molecule has 1 N–H and O–H groups in total. The minimum Gasteiger partial charge on any atom is -0.569 e. The minimum absolute atomic E-state index is 0.153. The van der Waals surface area contributed by atoms with Gasteiger partial charge in [0.1, 0.15) is 0 Å². The lowest BCUT2D eigenvalue weighted by atomic mass is 9.91. The second-order valence-electron chi connectivity index (χ2n) is 5.95. The number of rotatable bonds is 3. The molecule has 0 saturated carbocycles. The number of hydrogen-bond acceptors (Lipinski definition) is 2. The van der Waals surface area contributed by atoms with E-state index < -0.39 is 0 Å². The largest absolute Gasteiger partial charge is 0.569 e. The fraction of sp³-hybridized carbons (Fsp3) is 1.00. The van der Waals surface area contributed by atoms with Gasteiger partial charge in [-0.2, -0.15) is 0 Å². The fourth-order valence-electron chi connectivity index (χ4n) is 1.17. The predicted octanol–water partition coefficient (Wildman–Crippen LogP) is 2.79. The zero-order chi connectivity index (χ0) is 12.3. The fourth-order valence-corrected chi connectivity index (χ4v) is 1.17. The van der Waals surface area contributed by atoms with Gasteiger partial charge in [-0.1, -0.05) is 20.8 Å². The second kappa shape index (κ2) is 4.68. The minimum atomic E-state index is -0.348. The van der Waals surface area contributed by atoms with E-state index in [9.17, 15) is 5.21 Å². The first-order valence-electron chi connectivity index (χ1n) is 5.18. The highest BCUT2D eigenvalue weighted by Gasteiger charge is 2.29. The zero-order valence-corrected chi connectivity index (χ0v) is 10.6. The Morgan fingerprint density at radius 1 is 1.20 bits per heavy atom. The number of nitrogens with zero attached hydrogens (tertiary/aromatic N) is 3. The molecule has 90 valence electrons. The van der Waals surface area contributed by atoms with E-state index in [0.29, 0.717) is 6.54 Å². The van der Waals surface area contributed by atoms with Gasteiger partial charge >= 0.3 is 0 Å². The summed E-state index contributed by atoms with van der Waals surface area (Å²) in [5, 5.41) is 24.0. The molecule has 0 spiro atoms. The number of hydrogen-bond donors (Lipinski definition) is 1. The van der Waals surface area contributed by atoms with Crippen molar-refractivity contribution >= 4 is 0 Å². The molecule has 0 amide bonds. The highest BCUT2D eigenvalue weighted by Crippen LogP contribution is 2.22. The molecule has 5 nitrogen and oxygen atoms in total. The maximum absolute atomic E-state index is 11.3. The molecule has 0 radical (unpaired) electrons. The Hall–Kier alpha value is -1.00. The smallest absolute Gasteiger partial charge is 0.230 e. The lowest BCUT2D eigenvalue weighted by Gasteiger charge is -2.32. The first-order chi connectivity index (χ1) is 6.58. The van der Waals surface area contributed by atoms with Gasteiger partial charge < -0.3 is 10.4 Å². The summed E-state index contributed by atoms with van der Waals surface area (Å²) in [4.78, 5) is 0.256. The molecule has 0 saturated heterocycles. The van der Waals surface area contributed by atoms with Gasteiger partial charge in [-0.25, -0.2) is 0 Å². The predicted molar refractivity (Wildman–Crippen MR) is 58.4 cm³/mol. The van der Waals surface area contributed by atoms with Crippen LogP contribution in [-0.2, 0) is 0 Å². The Morgan fingerprint density at radius 2 is 1.67 bits per heavy atom. The Morgan fingerprint density at radius 3 is 1.93 bits per heavy atom. The van der Waals surface area contributed by atoms with Gasteiger partial charge in [0.25, 0.3) is 0 Å². The maximum Gasteiger partial charge on any atom is 0.230 e. The van der Waals surface area contributed by atoms with Crippen LogP contribution in [0.5, 0.6) is 0 Å². The molecular weight excluding hydrogens is 194 g/mol. The summed E-state index contributed by atoms with van der Waals surface area (Å²) in [6.07, 6.45) is 0.860. The molecule has 15 heavy (non-hydrogen) atoms. The van der Waals surface area contributed by atoms with Crippen LogP contribution in [0.2, 0.25) is 0 Å². The lowest BCUT2D eigenvalue weighted by molar-refractivity contribution is -0.724. The topological polar surface area (TPSA) is 61.9 Å². The van der Waals surface area contributed by atoms with Gasteiger partial charge in [0, 0.05) is 0 Å². The van der Waals surface area contributed by atoms with Crippen LogP contribution in [0.3, 0.4) is 0 Å². The van der Waals surface area contributed by atoms with Crippen LogP contribution >= 0.6 is 0 Å². The second-order valence-corrected chi connectivity index (χ2v) is 5.95. The molecule has 0 aliphatic rings. The monoisotopic (exact) mass is 217 g/mol. The highest BCUT2D eigenvalue weighted by atomic mass is 16.6. The van der Waals surface area contributed by atoms with Gasteiger partial charge in [-0.15, -0.1) is 5.01 Å². The average molecular weight is 217 g/mol. The molecule has 5 heteroatoms. The van der Waals surface area contributed by atoms with Crippen LogP contribution in [0.25, 0.3) is 0 Å². The molecule has 0 aromatic heterocycles. The molecule has 0 atom stereocenters. The molecule has 0 aromatic carbocycles. The van der Waals surface area contributed by atoms with Crippen molar-refractivity contribution in [2.45, 2.75) is 53.5 Å². The molecular formula is C10H23N3O2. The molecule has 0 aromatic rings. The van der Waals surface area contributed by atoms with Crippen LogP contribution in [-0.4, -0.2) is 27.3 Å². The maximum atomic E-state index is 11.3. The lowest BCUT2D eigenvalue weighted by Crippen LogP contribution is -2.46. The van der Waals surface area contributed by atoms with Crippen molar-refractivity contribution < 1.29 is 10.2 Å². The van der Waals surface area contributed by atoms with Gasteiger partial charge in [0.2, 0.25) is 5.28 Å². The van der Waals surface area contributed by atoms with Crippen molar-refractivity contribution in [3.05, 3.63) is 5.21 Å². The summed E-state index contributed by atoms with van der Waals surface area (Å²) in [5.74, 6) is 0. The third kappa shape index (κ3) is 5.44. The van der Waals surface area contributed by atoms with Gasteiger partial charge in [0.15, 0.2) is 0 Å². The van der Waals surface area contributed by atoms with Crippen LogP contribution in [0.4, 0.5) is 0 Å². The Kier molecular flexibility index (Phi) is 4.37. The van der Waals surface area contributed by atoms with Crippen LogP contribution in [0.1, 0.15) is 48.0 Å². The normalized spacial score (nSPS) is 14.1. The van der Waals surface area contributed by atoms with Gasteiger partial charge in [-0.3, -0.25) is 0 Å². The zero-order valence-electron chi connectivity index (χ0n) is 10.6. The summed E-state index contributed by atoms with van der Waals surface area (Å²) in [6.45, 7) is 12.6. The quantitative estimate of drug-likeness (QED) is 0.449. The summed E-state index contributed by atoms with van der Waals surface area (Å²) >= 11 is 0. The van der Waals surface area contributed by atoms with Crippen LogP contribution in [0.15, 0.2) is 5.28 Å². The van der Waals surface area contributed by atoms with E-state index in [1.165, 1.54) is 5.01 Å². The van der Waals surface area contributed by atoms with Crippen LogP contribution < -0.4 is 0 Å². The third-order valence-electron chi connectivity index (χ3n) is 2.13. The van der Waals surface area contributed by atoms with Crippen molar-refractivity contribution in [3.8, 4) is 0 Å². The Bertz CT molecular complexity index is 226. The van der Waals surface area contributed by atoms with E-state index in [1.54, 1.807) is 0 Å². The first kappa shape index (κ1) is 14.0. The molecule has 0 bridgehead atoms. The molecule has 0 unspecified atom stereocenters. The van der Waals surface area contributed by atoms with E-state index in [4.69, 9.17) is 5.21 Å². The van der Waals surface area contributed by atoms with Crippen molar-refractivity contribution in [1.82, 2.24) is 5.01 Å². The SMILES string of the molecule is CC(C)(C)CCN(/[N+]([O-])=N/O)C(C)(C)C. The Balaban J connectivity index is 4.56. The summed E-state index contributed by atoms with van der Waals surface area (Å²) in [6, 6.07) is 0. The van der Waals surface area contributed by atoms with E-state index in [1.807, 2.05) is 20.8 Å². The average Bonchev–Trinajstić information content (AvgIpc) is 1.99.